The minimum Gasteiger partial charge on any atom is -0.493 e. The van der Waals surface area contributed by atoms with E-state index in [4.69, 9.17) is 15.2 Å². The number of amides is 3. The number of nitrogens with zero attached hydrogens (tertiary/aromatic N) is 1. The molecule has 0 bridgehead atoms. The maximum Gasteiger partial charge on any atom is 0.255 e. The summed E-state index contributed by atoms with van der Waals surface area (Å²) < 4.78 is 10.5. The van der Waals surface area contributed by atoms with Crippen LogP contribution in [0.3, 0.4) is 0 Å². The first-order valence-corrected chi connectivity index (χ1v) is 9.17. The lowest BCUT2D eigenvalue weighted by Gasteiger charge is -2.23. The average Bonchev–Trinajstić information content (AvgIpc) is 3.29. The number of ether oxygens (including phenoxy) is 2. The molecule has 146 valence electrons. The van der Waals surface area contributed by atoms with Crippen LogP contribution >= 0.6 is 0 Å². The molecule has 3 N–H and O–H groups in total. The number of nitrogens with two attached hydrogens (primary N) is 1. The van der Waals surface area contributed by atoms with Gasteiger partial charge in [-0.15, -0.1) is 0 Å². The van der Waals surface area contributed by atoms with Gasteiger partial charge in [0.1, 0.15) is 0 Å². The van der Waals surface area contributed by atoms with E-state index in [0.29, 0.717) is 23.7 Å². The average molecular weight is 375 g/mol. The lowest BCUT2D eigenvalue weighted by Crippen LogP contribution is -2.35. The number of primary amides is 1. The highest BCUT2D eigenvalue weighted by Gasteiger charge is 2.38. The Bertz CT molecular complexity index is 730. The van der Waals surface area contributed by atoms with E-state index < -0.39 is 5.91 Å². The minimum atomic E-state index is -0.608. The van der Waals surface area contributed by atoms with Crippen LogP contribution in [0.1, 0.15) is 32.1 Å². The number of hydrogen-bond donors (Lipinski definition) is 2. The smallest absolute Gasteiger partial charge is 0.255 e. The van der Waals surface area contributed by atoms with E-state index in [1.165, 1.54) is 7.11 Å². The molecule has 2 fully saturated rings. The Hall–Kier alpha value is -2.77. The number of carbonyl (C=O) groups is 3. The molecule has 1 aromatic carbocycles. The molecule has 8 nitrogen and oxygen atoms in total. The predicted octanol–water partition coefficient (Wildman–Crippen LogP) is 1.29. The summed E-state index contributed by atoms with van der Waals surface area (Å²) in [5.41, 5.74) is 5.61. The third-order valence-corrected chi connectivity index (χ3v) is 5.10. The maximum atomic E-state index is 12.6. The standard InChI is InChI=1S/C19H25N3O5/c1-26-15-7-6-13(9-16(15)27-11-17(20)23)21-19(25)12-8-18(24)22(10-12)14-4-2-3-5-14/h6-7,9,12,14H,2-5,8,10-11H2,1H3,(H2,20,23)(H,21,25). The van der Waals surface area contributed by atoms with Crippen LogP contribution in [0.2, 0.25) is 0 Å². The van der Waals surface area contributed by atoms with Gasteiger partial charge in [-0.05, 0) is 25.0 Å². The van der Waals surface area contributed by atoms with Crippen LogP contribution in [0, 0.1) is 5.92 Å². The van der Waals surface area contributed by atoms with E-state index in [2.05, 4.69) is 5.32 Å². The quantitative estimate of drug-likeness (QED) is 0.746. The fraction of sp³-hybridized carbons (Fsp3) is 0.526. The maximum absolute atomic E-state index is 12.6. The summed E-state index contributed by atoms with van der Waals surface area (Å²) in [5.74, 6) is -0.378. The van der Waals surface area contributed by atoms with E-state index >= 15 is 0 Å². The van der Waals surface area contributed by atoms with Gasteiger partial charge in [-0.25, -0.2) is 0 Å². The predicted molar refractivity (Wildman–Crippen MR) is 98.4 cm³/mol. The lowest BCUT2D eigenvalue weighted by atomic mass is 10.1. The zero-order valence-corrected chi connectivity index (χ0v) is 15.4. The summed E-state index contributed by atoms with van der Waals surface area (Å²) >= 11 is 0. The van der Waals surface area contributed by atoms with Gasteiger partial charge in [0.2, 0.25) is 11.8 Å². The number of carbonyl (C=O) groups excluding carboxylic acids is 3. The second kappa shape index (κ2) is 8.28. The first-order valence-electron chi connectivity index (χ1n) is 9.17. The monoisotopic (exact) mass is 375 g/mol. The molecule has 1 saturated heterocycles. The van der Waals surface area contributed by atoms with Gasteiger partial charge in [-0.1, -0.05) is 12.8 Å². The number of benzene rings is 1. The number of methoxy groups -OCH3 is 1. The summed E-state index contributed by atoms with van der Waals surface area (Å²) in [4.78, 5) is 37.7. The Kier molecular flexibility index (Phi) is 5.83. The van der Waals surface area contributed by atoms with Crippen molar-refractivity contribution in [2.24, 2.45) is 11.7 Å². The molecule has 8 heteroatoms. The van der Waals surface area contributed by atoms with Crippen LogP contribution < -0.4 is 20.5 Å². The van der Waals surface area contributed by atoms with Crippen molar-refractivity contribution in [2.45, 2.75) is 38.1 Å². The largest absolute Gasteiger partial charge is 0.493 e. The second-order valence-electron chi connectivity index (χ2n) is 7.00. The number of likely N-dealkylation sites (tertiary alicyclic amines) is 1. The second-order valence-corrected chi connectivity index (χ2v) is 7.00. The number of nitrogens with one attached hydrogen (secondary N) is 1. The van der Waals surface area contributed by atoms with Crippen molar-refractivity contribution in [3.05, 3.63) is 18.2 Å². The van der Waals surface area contributed by atoms with Gasteiger partial charge < -0.3 is 25.4 Å². The van der Waals surface area contributed by atoms with E-state index in [0.717, 1.165) is 25.7 Å². The molecule has 1 aromatic rings. The summed E-state index contributed by atoms with van der Waals surface area (Å²) in [6.45, 7) is 0.178. The molecule has 3 amide bonds. The molecule has 1 aliphatic heterocycles. The fourth-order valence-corrected chi connectivity index (χ4v) is 3.74. The van der Waals surface area contributed by atoms with Gasteiger partial charge in [0, 0.05) is 30.8 Å². The third-order valence-electron chi connectivity index (χ3n) is 5.10. The normalized spacial score (nSPS) is 20.0. The summed E-state index contributed by atoms with van der Waals surface area (Å²) in [6.07, 6.45) is 4.58. The topological polar surface area (TPSA) is 111 Å². The third kappa shape index (κ3) is 4.50. The zero-order valence-electron chi connectivity index (χ0n) is 15.4. The molecule has 0 radical (unpaired) electrons. The van der Waals surface area contributed by atoms with Crippen LogP contribution in [0.25, 0.3) is 0 Å². The summed E-state index contributed by atoms with van der Waals surface area (Å²) in [5, 5.41) is 2.83. The van der Waals surface area contributed by atoms with Crippen LogP contribution in [0.5, 0.6) is 11.5 Å². The first-order chi connectivity index (χ1) is 13.0. The molecule has 2 aliphatic rings. The number of rotatable bonds is 7. The molecule has 1 unspecified atom stereocenters. The highest BCUT2D eigenvalue weighted by molar-refractivity contribution is 5.97. The van der Waals surface area contributed by atoms with Crippen molar-refractivity contribution >= 4 is 23.4 Å². The molecule has 1 saturated carbocycles. The van der Waals surface area contributed by atoms with Gasteiger partial charge in [0.25, 0.3) is 5.91 Å². The molecular weight excluding hydrogens is 350 g/mol. The van der Waals surface area contributed by atoms with Crippen LogP contribution in [0.4, 0.5) is 5.69 Å². The van der Waals surface area contributed by atoms with E-state index in [1.807, 2.05) is 4.90 Å². The van der Waals surface area contributed by atoms with E-state index in [-0.39, 0.29) is 36.8 Å². The van der Waals surface area contributed by atoms with Crippen molar-refractivity contribution in [2.75, 3.05) is 25.6 Å². The van der Waals surface area contributed by atoms with Gasteiger partial charge in [0.15, 0.2) is 18.1 Å². The number of anilines is 1. The van der Waals surface area contributed by atoms with E-state index in [9.17, 15) is 14.4 Å². The van der Waals surface area contributed by atoms with E-state index in [1.54, 1.807) is 18.2 Å². The number of hydrogen-bond acceptors (Lipinski definition) is 5. The Morgan fingerprint density at radius 2 is 2.00 bits per heavy atom. The Morgan fingerprint density at radius 3 is 2.67 bits per heavy atom. The highest BCUT2D eigenvalue weighted by Crippen LogP contribution is 2.32. The first kappa shape index (κ1) is 19.0. The van der Waals surface area contributed by atoms with Crippen LogP contribution in [-0.4, -0.2) is 48.9 Å². The van der Waals surface area contributed by atoms with Crippen LogP contribution in [0.15, 0.2) is 18.2 Å². The minimum absolute atomic E-state index is 0.0576. The fourth-order valence-electron chi connectivity index (χ4n) is 3.74. The molecule has 3 rings (SSSR count). The van der Waals surface area contributed by atoms with Crippen molar-refractivity contribution < 1.29 is 23.9 Å². The van der Waals surface area contributed by atoms with Crippen molar-refractivity contribution in [1.29, 1.82) is 0 Å². The van der Waals surface area contributed by atoms with Crippen molar-refractivity contribution in [3.63, 3.8) is 0 Å². The summed E-state index contributed by atoms with van der Waals surface area (Å²) in [7, 11) is 1.48. The Labute approximate surface area is 158 Å². The van der Waals surface area contributed by atoms with Crippen molar-refractivity contribution in [3.8, 4) is 11.5 Å². The molecule has 1 aliphatic carbocycles. The molecule has 1 heterocycles. The van der Waals surface area contributed by atoms with Gasteiger partial charge >= 0.3 is 0 Å². The molecular formula is C19H25N3O5. The van der Waals surface area contributed by atoms with Crippen molar-refractivity contribution in [1.82, 2.24) is 4.90 Å². The van der Waals surface area contributed by atoms with Gasteiger partial charge in [-0.2, -0.15) is 0 Å². The molecule has 1 atom stereocenters. The highest BCUT2D eigenvalue weighted by atomic mass is 16.5. The Balaban J connectivity index is 1.64. The Morgan fingerprint density at radius 1 is 1.26 bits per heavy atom. The molecule has 0 spiro atoms. The van der Waals surface area contributed by atoms with Gasteiger partial charge in [-0.3, -0.25) is 14.4 Å². The summed E-state index contributed by atoms with van der Waals surface area (Å²) in [6, 6.07) is 5.17. The lowest BCUT2D eigenvalue weighted by molar-refractivity contribution is -0.130. The molecule has 27 heavy (non-hydrogen) atoms. The van der Waals surface area contributed by atoms with Crippen LogP contribution in [-0.2, 0) is 14.4 Å². The zero-order chi connectivity index (χ0) is 19.4. The van der Waals surface area contributed by atoms with Gasteiger partial charge in [0.05, 0.1) is 13.0 Å². The SMILES string of the molecule is COc1ccc(NC(=O)C2CC(=O)N(C3CCCC3)C2)cc1OCC(N)=O. The molecule has 0 aromatic heterocycles.